The van der Waals surface area contributed by atoms with Crippen molar-refractivity contribution in [3.63, 3.8) is 0 Å². The van der Waals surface area contributed by atoms with Crippen molar-refractivity contribution in [3.8, 4) is 0 Å². The van der Waals surface area contributed by atoms with Gasteiger partial charge in [0.05, 0.1) is 18.2 Å². The highest BCUT2D eigenvalue weighted by molar-refractivity contribution is 5.79. The van der Waals surface area contributed by atoms with Gasteiger partial charge < -0.3 is 5.32 Å². The summed E-state index contributed by atoms with van der Waals surface area (Å²) in [6.07, 6.45) is 3.89. The van der Waals surface area contributed by atoms with Crippen molar-refractivity contribution in [2.75, 3.05) is 13.1 Å². The van der Waals surface area contributed by atoms with E-state index in [0.717, 1.165) is 43.7 Å². The number of benzene rings is 1. The van der Waals surface area contributed by atoms with Crippen molar-refractivity contribution >= 4 is 5.91 Å². The number of piperidine rings is 1. The Bertz CT molecular complexity index is 710. The van der Waals surface area contributed by atoms with E-state index in [9.17, 15) is 4.79 Å². The molecule has 3 rings (SSSR count). The first-order valence-electron chi connectivity index (χ1n) is 9.09. The third-order valence-electron chi connectivity index (χ3n) is 5.22. The monoisotopic (exact) mass is 340 g/mol. The predicted molar refractivity (Wildman–Crippen MR) is 98.9 cm³/mol. The topological polar surface area (TPSA) is 50.2 Å². The Morgan fingerprint density at radius 3 is 2.80 bits per heavy atom. The van der Waals surface area contributed by atoms with Gasteiger partial charge in [0.25, 0.3) is 0 Å². The Morgan fingerprint density at radius 1 is 1.36 bits per heavy atom. The molecule has 1 aromatic heterocycles. The molecule has 0 radical (unpaired) electrons. The number of amides is 1. The van der Waals surface area contributed by atoms with Gasteiger partial charge >= 0.3 is 0 Å². The summed E-state index contributed by atoms with van der Waals surface area (Å²) in [6, 6.07) is 10.5. The summed E-state index contributed by atoms with van der Waals surface area (Å²) < 4.78 is 1.85. The second-order valence-electron chi connectivity index (χ2n) is 7.10. The van der Waals surface area contributed by atoms with E-state index < -0.39 is 0 Å². The summed E-state index contributed by atoms with van der Waals surface area (Å²) in [5.74, 6) is 0.227. The fourth-order valence-corrected chi connectivity index (χ4v) is 3.60. The highest BCUT2D eigenvalue weighted by atomic mass is 16.2. The summed E-state index contributed by atoms with van der Waals surface area (Å²) in [7, 11) is 1.93. The summed E-state index contributed by atoms with van der Waals surface area (Å²) in [6.45, 7) is 6.89. The average Bonchev–Trinajstić information content (AvgIpc) is 2.95. The van der Waals surface area contributed by atoms with E-state index in [1.807, 2.05) is 37.8 Å². The number of carbonyl (C=O) groups excluding carboxylic acids is 1. The van der Waals surface area contributed by atoms with Crippen LogP contribution in [0.3, 0.4) is 0 Å². The van der Waals surface area contributed by atoms with Crippen LogP contribution in [0, 0.1) is 12.8 Å². The molecule has 2 unspecified atom stereocenters. The SMILES string of the molecule is Cc1c(C(C)NC(=O)C2CCCN(Cc3ccccc3)C2)cnn1C. The van der Waals surface area contributed by atoms with E-state index in [1.165, 1.54) is 5.56 Å². The highest BCUT2D eigenvalue weighted by Gasteiger charge is 2.27. The smallest absolute Gasteiger partial charge is 0.224 e. The van der Waals surface area contributed by atoms with Crippen molar-refractivity contribution < 1.29 is 4.79 Å². The molecule has 1 fully saturated rings. The lowest BCUT2D eigenvalue weighted by Crippen LogP contribution is -2.43. The van der Waals surface area contributed by atoms with Gasteiger partial charge in [-0.25, -0.2) is 0 Å². The van der Waals surface area contributed by atoms with E-state index in [2.05, 4.69) is 39.6 Å². The van der Waals surface area contributed by atoms with Gasteiger partial charge in [0.2, 0.25) is 5.91 Å². The molecule has 0 aliphatic carbocycles. The van der Waals surface area contributed by atoms with Crippen molar-refractivity contribution in [1.82, 2.24) is 20.0 Å². The third-order valence-corrected chi connectivity index (χ3v) is 5.22. The van der Waals surface area contributed by atoms with E-state index in [-0.39, 0.29) is 17.9 Å². The minimum absolute atomic E-state index is 0.00861. The molecule has 1 aliphatic rings. The average molecular weight is 340 g/mol. The van der Waals surface area contributed by atoms with E-state index in [1.54, 1.807) is 0 Å². The molecule has 1 saturated heterocycles. The van der Waals surface area contributed by atoms with E-state index in [0.29, 0.717) is 0 Å². The first kappa shape index (κ1) is 17.7. The van der Waals surface area contributed by atoms with Crippen molar-refractivity contribution in [3.05, 3.63) is 53.3 Å². The van der Waals surface area contributed by atoms with E-state index in [4.69, 9.17) is 0 Å². The van der Waals surface area contributed by atoms with Crippen LogP contribution in [0.15, 0.2) is 36.5 Å². The molecule has 0 bridgehead atoms. The Balaban J connectivity index is 1.57. The minimum Gasteiger partial charge on any atom is -0.349 e. The molecular formula is C20H28N4O. The summed E-state index contributed by atoms with van der Waals surface area (Å²) in [5, 5.41) is 7.46. The van der Waals surface area contributed by atoms with E-state index >= 15 is 0 Å². The Hall–Kier alpha value is -2.14. The molecule has 5 nitrogen and oxygen atoms in total. The normalized spacial score (nSPS) is 19.6. The van der Waals surface area contributed by atoms with Gasteiger partial charge in [-0.1, -0.05) is 30.3 Å². The minimum atomic E-state index is -0.00861. The predicted octanol–water partition coefficient (Wildman–Crippen LogP) is 2.82. The molecule has 2 aromatic rings. The first-order valence-corrected chi connectivity index (χ1v) is 9.09. The van der Waals surface area contributed by atoms with Crippen LogP contribution in [-0.4, -0.2) is 33.7 Å². The maximum absolute atomic E-state index is 12.7. The van der Waals surface area contributed by atoms with Crippen LogP contribution in [-0.2, 0) is 18.4 Å². The number of hydrogen-bond donors (Lipinski definition) is 1. The Labute approximate surface area is 150 Å². The maximum Gasteiger partial charge on any atom is 0.224 e. The van der Waals surface area contributed by atoms with Crippen LogP contribution in [0.25, 0.3) is 0 Å². The largest absolute Gasteiger partial charge is 0.349 e. The molecule has 2 atom stereocenters. The van der Waals surface area contributed by atoms with Gasteiger partial charge in [-0.05, 0) is 38.8 Å². The van der Waals surface area contributed by atoms with Crippen LogP contribution in [0.2, 0.25) is 0 Å². The Kier molecular flexibility index (Phi) is 5.53. The van der Waals surface area contributed by atoms with Gasteiger partial charge in [-0.3, -0.25) is 14.4 Å². The number of likely N-dealkylation sites (tertiary alicyclic amines) is 1. The van der Waals surface area contributed by atoms with Crippen molar-refractivity contribution in [2.45, 2.75) is 39.3 Å². The molecule has 1 aliphatic heterocycles. The third kappa shape index (κ3) is 4.28. The van der Waals surface area contributed by atoms with Crippen LogP contribution in [0.5, 0.6) is 0 Å². The number of hydrogen-bond acceptors (Lipinski definition) is 3. The molecule has 1 aromatic carbocycles. The second kappa shape index (κ2) is 7.83. The molecular weight excluding hydrogens is 312 g/mol. The lowest BCUT2D eigenvalue weighted by atomic mass is 9.96. The van der Waals surface area contributed by atoms with Gasteiger partial charge in [-0.15, -0.1) is 0 Å². The van der Waals surface area contributed by atoms with Crippen LogP contribution < -0.4 is 5.32 Å². The number of carbonyl (C=O) groups is 1. The molecule has 5 heteroatoms. The first-order chi connectivity index (χ1) is 12.0. The number of nitrogens with one attached hydrogen (secondary N) is 1. The van der Waals surface area contributed by atoms with Crippen LogP contribution in [0.4, 0.5) is 0 Å². The number of aromatic nitrogens is 2. The summed E-state index contributed by atoms with van der Waals surface area (Å²) in [5.41, 5.74) is 3.50. The summed E-state index contributed by atoms with van der Waals surface area (Å²) >= 11 is 0. The van der Waals surface area contributed by atoms with Crippen molar-refractivity contribution in [1.29, 1.82) is 0 Å². The van der Waals surface area contributed by atoms with Gasteiger partial charge in [0.1, 0.15) is 0 Å². The molecule has 1 N–H and O–H groups in total. The zero-order chi connectivity index (χ0) is 17.8. The number of rotatable bonds is 5. The quantitative estimate of drug-likeness (QED) is 0.910. The van der Waals surface area contributed by atoms with Crippen molar-refractivity contribution in [2.24, 2.45) is 13.0 Å². The second-order valence-corrected chi connectivity index (χ2v) is 7.10. The zero-order valence-corrected chi connectivity index (χ0v) is 15.4. The van der Waals surface area contributed by atoms with Gasteiger partial charge in [-0.2, -0.15) is 5.10 Å². The molecule has 134 valence electrons. The fourth-order valence-electron chi connectivity index (χ4n) is 3.60. The van der Waals surface area contributed by atoms with Gasteiger partial charge in [0.15, 0.2) is 0 Å². The fraction of sp³-hybridized carbons (Fsp3) is 0.500. The molecule has 2 heterocycles. The lowest BCUT2D eigenvalue weighted by molar-refractivity contribution is -0.127. The standard InChI is InChI=1S/C20H28N4O/c1-15(19-12-21-23(3)16(19)2)22-20(25)18-10-7-11-24(14-18)13-17-8-5-4-6-9-17/h4-6,8-9,12,15,18H,7,10-11,13-14H2,1-3H3,(H,22,25). The van der Waals surface area contributed by atoms with Gasteiger partial charge in [0, 0.05) is 31.4 Å². The number of aryl methyl sites for hydroxylation is 1. The lowest BCUT2D eigenvalue weighted by Gasteiger charge is -2.32. The maximum atomic E-state index is 12.7. The zero-order valence-electron chi connectivity index (χ0n) is 15.4. The molecule has 25 heavy (non-hydrogen) atoms. The van der Waals surface area contributed by atoms with Crippen LogP contribution >= 0.6 is 0 Å². The highest BCUT2D eigenvalue weighted by Crippen LogP contribution is 2.21. The molecule has 1 amide bonds. The van der Waals surface area contributed by atoms with Crippen LogP contribution in [0.1, 0.15) is 42.6 Å². The molecule has 0 saturated carbocycles. The Morgan fingerprint density at radius 2 is 2.12 bits per heavy atom. The summed E-state index contributed by atoms with van der Waals surface area (Å²) in [4.78, 5) is 15.1. The number of nitrogens with zero attached hydrogens (tertiary/aromatic N) is 3. The molecule has 0 spiro atoms.